The molecule has 0 spiro atoms. The summed E-state index contributed by atoms with van der Waals surface area (Å²) in [5.74, 6) is 0.201. The molecule has 32 heavy (non-hydrogen) atoms. The fourth-order valence-corrected chi connectivity index (χ4v) is 4.71. The molecule has 1 fully saturated rings. The summed E-state index contributed by atoms with van der Waals surface area (Å²) in [6.45, 7) is 7.17. The molecule has 0 saturated carbocycles. The van der Waals surface area contributed by atoms with E-state index in [2.05, 4.69) is 36.9 Å². The van der Waals surface area contributed by atoms with Crippen molar-refractivity contribution in [2.45, 2.75) is 39.5 Å². The first-order valence-corrected chi connectivity index (χ1v) is 11.6. The molecule has 1 heterocycles. The number of hydrogen-bond acceptors (Lipinski definition) is 3. The number of halogens is 1. The van der Waals surface area contributed by atoms with Crippen molar-refractivity contribution < 1.29 is 19.0 Å². The average Bonchev–Trinajstić information content (AvgIpc) is 2.75. The maximum Gasteiger partial charge on any atom is 0.309 e. The Labute approximate surface area is 189 Å². The van der Waals surface area contributed by atoms with Crippen LogP contribution in [0.15, 0.2) is 48.0 Å². The number of carboxylic acid groups (broad SMARTS) is 1. The molecule has 2 aromatic rings. The highest BCUT2D eigenvalue weighted by Gasteiger charge is 2.33. The molecule has 2 aliphatic rings. The predicted molar refractivity (Wildman–Crippen MR) is 124 cm³/mol. The van der Waals surface area contributed by atoms with Gasteiger partial charge in [-0.15, -0.1) is 0 Å². The highest BCUT2D eigenvalue weighted by atomic mass is 19.1. The predicted octanol–water partition coefficient (Wildman–Crippen LogP) is 5.21. The normalized spacial score (nSPS) is 17.6. The van der Waals surface area contributed by atoms with E-state index < -0.39 is 5.97 Å². The Hall–Kier alpha value is -2.66. The highest BCUT2D eigenvalue weighted by molar-refractivity contribution is 5.73. The number of nitrogens with zero attached hydrogens (tertiary/aromatic N) is 1. The third-order valence-electron chi connectivity index (χ3n) is 6.93. The van der Waals surface area contributed by atoms with E-state index in [0.29, 0.717) is 25.6 Å². The first kappa shape index (κ1) is 22.5. The number of benzene rings is 2. The fourth-order valence-electron chi connectivity index (χ4n) is 4.71. The Kier molecular flexibility index (Phi) is 6.95. The molecule has 2 aromatic carbocycles. The molecule has 1 aliphatic carbocycles. The van der Waals surface area contributed by atoms with Gasteiger partial charge < -0.3 is 9.84 Å². The smallest absolute Gasteiger partial charge is 0.309 e. The van der Waals surface area contributed by atoms with E-state index in [1.54, 1.807) is 0 Å². The minimum atomic E-state index is -0.684. The van der Waals surface area contributed by atoms with Gasteiger partial charge in [-0.2, -0.15) is 0 Å². The van der Waals surface area contributed by atoms with Crippen molar-refractivity contribution in [3.63, 3.8) is 0 Å². The Morgan fingerprint density at radius 3 is 2.62 bits per heavy atom. The Bertz CT molecular complexity index is 992. The van der Waals surface area contributed by atoms with Gasteiger partial charge in [0.1, 0.15) is 11.6 Å². The van der Waals surface area contributed by atoms with Crippen molar-refractivity contribution in [2.24, 2.45) is 11.8 Å². The number of rotatable bonds is 9. The summed E-state index contributed by atoms with van der Waals surface area (Å²) in [6.07, 6.45) is 3.89. The van der Waals surface area contributed by atoms with Crippen LogP contribution in [0, 0.1) is 17.7 Å². The minimum absolute atomic E-state index is 0.200. The number of allylic oxidation sites excluding steroid dienone is 1. The van der Waals surface area contributed by atoms with Gasteiger partial charge in [0.25, 0.3) is 0 Å². The summed E-state index contributed by atoms with van der Waals surface area (Å²) in [6, 6.07) is 13.1. The van der Waals surface area contributed by atoms with E-state index in [9.17, 15) is 9.18 Å². The van der Waals surface area contributed by atoms with Gasteiger partial charge in [0, 0.05) is 19.6 Å². The van der Waals surface area contributed by atoms with Gasteiger partial charge >= 0.3 is 5.97 Å². The summed E-state index contributed by atoms with van der Waals surface area (Å²) < 4.78 is 19.3. The van der Waals surface area contributed by atoms with E-state index in [0.717, 1.165) is 43.5 Å². The highest BCUT2D eigenvalue weighted by Crippen LogP contribution is 2.34. The molecular weight excluding hydrogens is 405 g/mol. The summed E-state index contributed by atoms with van der Waals surface area (Å²) in [7, 11) is 0. The first-order valence-electron chi connectivity index (χ1n) is 11.6. The summed E-state index contributed by atoms with van der Waals surface area (Å²) in [4.78, 5) is 13.3. The van der Waals surface area contributed by atoms with Crippen LogP contribution >= 0.6 is 0 Å². The molecule has 1 N–H and O–H groups in total. The minimum Gasteiger partial charge on any atom is -0.493 e. The Balaban J connectivity index is 1.35. The largest absolute Gasteiger partial charge is 0.493 e. The van der Waals surface area contributed by atoms with E-state index in [1.165, 1.54) is 34.4 Å². The second-order valence-electron chi connectivity index (χ2n) is 9.19. The van der Waals surface area contributed by atoms with Gasteiger partial charge in [-0.1, -0.05) is 30.7 Å². The number of likely N-dealkylation sites (tertiary alicyclic amines) is 1. The monoisotopic (exact) mass is 437 g/mol. The molecule has 5 heteroatoms. The summed E-state index contributed by atoms with van der Waals surface area (Å²) >= 11 is 0. The first-order chi connectivity index (χ1) is 15.4. The lowest BCUT2D eigenvalue weighted by Crippen LogP contribution is -2.50. The second kappa shape index (κ2) is 9.86. The second-order valence-corrected chi connectivity index (χ2v) is 9.19. The van der Waals surface area contributed by atoms with Gasteiger partial charge in [-0.25, -0.2) is 4.39 Å². The number of aliphatic carboxylic acids is 1. The molecule has 170 valence electrons. The topological polar surface area (TPSA) is 49.8 Å². The maximum atomic E-state index is 13.1. The standard InChI is InChI=1S/C27H32FNO3/c1-3-19(12-20-4-8-24(28)9-5-20)17-32-25-10-11-26-18(2)22(7-6-21(26)13-25)14-29-15-23(16-29)27(30)31/h4-5,8-11,13,19,23H,3,6-7,12,14-17H2,1-2H3,(H,30,31). The molecule has 0 aromatic heterocycles. The maximum absolute atomic E-state index is 13.1. The molecule has 1 aliphatic heterocycles. The van der Waals surface area contributed by atoms with Crippen LogP contribution in [0.25, 0.3) is 5.57 Å². The SMILES string of the molecule is CCC(COc1ccc2c(c1)CCC(CN1CC(C(=O)O)C1)=C2C)Cc1ccc(F)cc1. The zero-order chi connectivity index (χ0) is 22.7. The van der Waals surface area contributed by atoms with Gasteiger partial charge in [-0.3, -0.25) is 9.69 Å². The quantitative estimate of drug-likeness (QED) is 0.585. The molecular formula is C27H32FNO3. The van der Waals surface area contributed by atoms with Crippen LogP contribution in [-0.4, -0.2) is 42.2 Å². The van der Waals surface area contributed by atoms with Crippen molar-refractivity contribution in [1.29, 1.82) is 0 Å². The molecule has 0 radical (unpaired) electrons. The number of carboxylic acids is 1. The third-order valence-corrected chi connectivity index (χ3v) is 6.93. The van der Waals surface area contributed by atoms with Crippen LogP contribution < -0.4 is 4.74 Å². The van der Waals surface area contributed by atoms with Crippen LogP contribution in [0.2, 0.25) is 0 Å². The zero-order valence-corrected chi connectivity index (χ0v) is 18.9. The lowest BCUT2D eigenvalue weighted by Gasteiger charge is -2.38. The van der Waals surface area contributed by atoms with Crippen LogP contribution in [0.4, 0.5) is 4.39 Å². The molecule has 4 nitrogen and oxygen atoms in total. The molecule has 0 bridgehead atoms. The van der Waals surface area contributed by atoms with E-state index in [1.807, 2.05) is 12.1 Å². The number of fused-ring (bicyclic) bond motifs is 1. The van der Waals surface area contributed by atoms with Crippen LogP contribution in [0.5, 0.6) is 5.75 Å². The van der Waals surface area contributed by atoms with Crippen molar-refractivity contribution >= 4 is 11.5 Å². The van der Waals surface area contributed by atoms with E-state index >= 15 is 0 Å². The lowest BCUT2D eigenvalue weighted by atomic mass is 9.85. The summed E-state index contributed by atoms with van der Waals surface area (Å²) in [5.41, 5.74) is 6.48. The molecule has 0 amide bonds. The molecule has 4 rings (SSSR count). The van der Waals surface area contributed by atoms with Crippen LogP contribution in [-0.2, 0) is 17.6 Å². The Morgan fingerprint density at radius 1 is 1.19 bits per heavy atom. The van der Waals surface area contributed by atoms with Gasteiger partial charge in [0.15, 0.2) is 0 Å². The number of carbonyl (C=O) groups is 1. The van der Waals surface area contributed by atoms with Gasteiger partial charge in [-0.05, 0) is 85.1 Å². The van der Waals surface area contributed by atoms with Gasteiger partial charge in [0.2, 0.25) is 0 Å². The lowest BCUT2D eigenvalue weighted by molar-refractivity contribution is -0.147. The zero-order valence-electron chi connectivity index (χ0n) is 18.9. The third kappa shape index (κ3) is 5.21. The molecule has 1 unspecified atom stereocenters. The van der Waals surface area contributed by atoms with Crippen molar-refractivity contribution in [1.82, 2.24) is 4.90 Å². The molecule has 1 saturated heterocycles. The van der Waals surface area contributed by atoms with Gasteiger partial charge in [0.05, 0.1) is 12.5 Å². The Morgan fingerprint density at radius 2 is 1.94 bits per heavy atom. The molecule has 1 atom stereocenters. The number of ether oxygens (including phenoxy) is 1. The summed E-state index contributed by atoms with van der Waals surface area (Å²) in [5, 5.41) is 9.08. The van der Waals surface area contributed by atoms with Crippen molar-refractivity contribution in [3.05, 3.63) is 70.5 Å². The fraction of sp³-hybridized carbons (Fsp3) is 0.444. The van der Waals surface area contributed by atoms with Crippen LogP contribution in [0.1, 0.15) is 43.4 Å². The average molecular weight is 438 g/mol. The van der Waals surface area contributed by atoms with Crippen LogP contribution in [0.3, 0.4) is 0 Å². The number of hydrogen-bond donors (Lipinski definition) is 1. The number of aryl methyl sites for hydroxylation is 1. The van der Waals surface area contributed by atoms with Crippen molar-refractivity contribution in [3.8, 4) is 5.75 Å². The van der Waals surface area contributed by atoms with E-state index in [-0.39, 0.29) is 11.7 Å². The van der Waals surface area contributed by atoms with Crippen molar-refractivity contribution in [2.75, 3.05) is 26.2 Å². The van der Waals surface area contributed by atoms with E-state index in [4.69, 9.17) is 9.84 Å².